The van der Waals surface area contributed by atoms with Crippen LogP contribution in [0.2, 0.25) is 0 Å². The molecule has 11 nitrogen and oxygen atoms in total. The van der Waals surface area contributed by atoms with Crippen molar-refractivity contribution in [1.29, 1.82) is 0 Å². The maximum atomic E-state index is 12.7. The lowest BCUT2D eigenvalue weighted by Gasteiger charge is -2.18. The molecule has 0 aliphatic carbocycles. The SMILES string of the molecule is CC(=O)c1ccc(C(=O)C(CS(=O)[O-])CS(=O)(=O)CCOCCOCCOCCOCCO)cc1. The van der Waals surface area contributed by atoms with Crippen LogP contribution in [0.25, 0.3) is 0 Å². The third-order valence-electron chi connectivity index (χ3n) is 4.63. The standard InChI is InChI=1S/C22H34O11S2/c1-18(24)19-2-4-20(5-3-19)22(25)21(16-34(26)27)17-35(28,29)15-14-33-13-12-32-11-10-31-9-8-30-7-6-23/h2-5,21,23H,6-17H2,1H3,(H,26,27)/p-1. The Labute approximate surface area is 208 Å². The Hall–Kier alpha value is -1.58. The zero-order valence-electron chi connectivity index (χ0n) is 19.7. The summed E-state index contributed by atoms with van der Waals surface area (Å²) in [4.78, 5) is 24.1. The summed E-state index contributed by atoms with van der Waals surface area (Å²) in [6.07, 6.45) is 0. The Bertz CT molecular complexity index is 885. The van der Waals surface area contributed by atoms with Crippen LogP contribution in [-0.2, 0) is 39.9 Å². The predicted octanol–water partition coefficient (Wildman–Crippen LogP) is 0.0407. The fraction of sp³-hybridized carbons (Fsp3) is 0.636. The van der Waals surface area contributed by atoms with Crippen molar-refractivity contribution in [3.05, 3.63) is 35.4 Å². The quantitative estimate of drug-likeness (QED) is 0.128. The smallest absolute Gasteiger partial charge is 0.167 e. The second kappa shape index (κ2) is 17.8. The lowest BCUT2D eigenvalue weighted by atomic mass is 9.99. The van der Waals surface area contributed by atoms with E-state index in [1.807, 2.05) is 0 Å². The number of ketones is 2. The summed E-state index contributed by atoms with van der Waals surface area (Å²) in [5.41, 5.74) is 0.520. The van der Waals surface area contributed by atoms with E-state index in [4.69, 9.17) is 24.1 Å². The monoisotopic (exact) mass is 537 g/mol. The van der Waals surface area contributed by atoms with Crippen LogP contribution >= 0.6 is 0 Å². The first-order valence-corrected chi connectivity index (χ1v) is 14.1. The van der Waals surface area contributed by atoms with Crippen molar-refractivity contribution in [3.8, 4) is 0 Å². The zero-order valence-corrected chi connectivity index (χ0v) is 21.4. The Morgan fingerprint density at radius 3 is 1.80 bits per heavy atom. The molecule has 1 aromatic carbocycles. The van der Waals surface area contributed by atoms with Gasteiger partial charge in [0.15, 0.2) is 21.4 Å². The Balaban J connectivity index is 2.37. The number of Topliss-reactive ketones (excluding diaryl/α,β-unsaturated/α-hetero) is 2. The third kappa shape index (κ3) is 14.5. The van der Waals surface area contributed by atoms with E-state index < -0.39 is 44.1 Å². The molecular weight excluding hydrogens is 504 g/mol. The first kappa shape index (κ1) is 31.4. The highest BCUT2D eigenvalue weighted by Gasteiger charge is 2.27. The van der Waals surface area contributed by atoms with Gasteiger partial charge in [0.25, 0.3) is 0 Å². The number of sulfone groups is 1. The van der Waals surface area contributed by atoms with Crippen molar-refractivity contribution < 1.29 is 50.8 Å². The summed E-state index contributed by atoms with van der Waals surface area (Å²) < 4.78 is 68.1. The topological polar surface area (TPSA) is 166 Å². The molecule has 0 aliphatic rings. The van der Waals surface area contributed by atoms with Crippen LogP contribution in [0.1, 0.15) is 27.6 Å². The van der Waals surface area contributed by atoms with Gasteiger partial charge in [-0.2, -0.15) is 0 Å². The highest BCUT2D eigenvalue weighted by molar-refractivity contribution is 7.91. The molecule has 35 heavy (non-hydrogen) atoms. The molecule has 0 fully saturated rings. The van der Waals surface area contributed by atoms with Gasteiger partial charge >= 0.3 is 0 Å². The second-order valence-corrected chi connectivity index (χ2v) is 10.6. The van der Waals surface area contributed by atoms with Gasteiger partial charge in [0, 0.05) is 22.8 Å². The number of carbonyl (C=O) groups is 2. The summed E-state index contributed by atoms with van der Waals surface area (Å²) in [5, 5.41) is 8.55. The molecule has 0 radical (unpaired) electrons. The number of aliphatic hydroxyl groups is 1. The highest BCUT2D eigenvalue weighted by atomic mass is 32.2. The van der Waals surface area contributed by atoms with Gasteiger partial charge in [-0.1, -0.05) is 35.3 Å². The minimum absolute atomic E-state index is 0.0399. The molecule has 0 aromatic heterocycles. The summed E-state index contributed by atoms with van der Waals surface area (Å²) in [6, 6.07) is 5.63. The number of rotatable bonds is 21. The van der Waals surface area contributed by atoms with Crippen LogP contribution in [0.5, 0.6) is 0 Å². The van der Waals surface area contributed by atoms with Crippen molar-refractivity contribution in [3.63, 3.8) is 0 Å². The number of hydrogen-bond donors (Lipinski definition) is 1. The maximum absolute atomic E-state index is 12.7. The van der Waals surface area contributed by atoms with Crippen molar-refractivity contribution in [2.24, 2.45) is 5.92 Å². The molecule has 0 heterocycles. The highest BCUT2D eigenvalue weighted by Crippen LogP contribution is 2.15. The van der Waals surface area contributed by atoms with Crippen molar-refractivity contribution in [1.82, 2.24) is 0 Å². The minimum Gasteiger partial charge on any atom is -0.772 e. The molecule has 0 spiro atoms. The van der Waals surface area contributed by atoms with Gasteiger partial charge in [-0.25, -0.2) is 8.42 Å². The summed E-state index contributed by atoms with van der Waals surface area (Å²) >= 11 is -2.62. The Morgan fingerprint density at radius 2 is 1.34 bits per heavy atom. The molecule has 0 aliphatic heterocycles. The molecule has 1 aromatic rings. The van der Waals surface area contributed by atoms with E-state index in [1.54, 1.807) is 0 Å². The largest absolute Gasteiger partial charge is 0.772 e. The van der Waals surface area contributed by atoms with Crippen molar-refractivity contribution in [2.75, 3.05) is 76.7 Å². The average Bonchev–Trinajstić information content (AvgIpc) is 2.80. The molecule has 1 N–H and O–H groups in total. The van der Waals surface area contributed by atoms with E-state index >= 15 is 0 Å². The maximum Gasteiger partial charge on any atom is 0.167 e. The van der Waals surface area contributed by atoms with Crippen LogP contribution in [0.4, 0.5) is 0 Å². The van der Waals surface area contributed by atoms with Crippen LogP contribution in [0.15, 0.2) is 24.3 Å². The average molecular weight is 538 g/mol. The van der Waals surface area contributed by atoms with Gasteiger partial charge in [0.05, 0.1) is 71.0 Å². The molecule has 2 unspecified atom stereocenters. The second-order valence-electron chi connectivity index (χ2n) is 7.45. The van der Waals surface area contributed by atoms with E-state index in [0.717, 1.165) is 0 Å². The molecule has 1 rings (SSSR count). The number of aliphatic hydroxyl groups excluding tert-OH is 1. The van der Waals surface area contributed by atoms with Crippen LogP contribution < -0.4 is 0 Å². The number of ether oxygens (including phenoxy) is 4. The van der Waals surface area contributed by atoms with Gasteiger partial charge in [0.2, 0.25) is 0 Å². The van der Waals surface area contributed by atoms with Crippen molar-refractivity contribution >= 4 is 32.5 Å². The van der Waals surface area contributed by atoms with Gasteiger partial charge in [-0.15, -0.1) is 0 Å². The summed E-state index contributed by atoms with van der Waals surface area (Å²) in [5.74, 6) is -3.71. The molecule has 200 valence electrons. The van der Waals surface area contributed by atoms with Crippen LogP contribution in [-0.4, -0.2) is 111 Å². The molecule has 0 amide bonds. The zero-order chi connectivity index (χ0) is 26.1. The summed E-state index contributed by atoms with van der Waals surface area (Å²) in [7, 11) is -3.78. The molecule has 13 heteroatoms. The predicted molar refractivity (Wildman–Crippen MR) is 127 cm³/mol. The fourth-order valence-electron chi connectivity index (χ4n) is 2.87. The van der Waals surface area contributed by atoms with Crippen LogP contribution in [0.3, 0.4) is 0 Å². The molecule has 0 saturated carbocycles. The molecule has 0 saturated heterocycles. The van der Waals surface area contributed by atoms with E-state index in [9.17, 15) is 26.8 Å². The van der Waals surface area contributed by atoms with Crippen LogP contribution in [0, 0.1) is 5.92 Å². The van der Waals surface area contributed by atoms with E-state index in [0.29, 0.717) is 32.0 Å². The van der Waals surface area contributed by atoms with Gasteiger partial charge in [0.1, 0.15) is 0 Å². The molecular formula is C22H33O11S2-. The first-order valence-electron chi connectivity index (χ1n) is 11.0. The van der Waals surface area contributed by atoms with Gasteiger partial charge in [-0.05, 0) is 6.92 Å². The fourth-order valence-corrected chi connectivity index (χ4v) is 5.04. The van der Waals surface area contributed by atoms with E-state index in [-0.39, 0.29) is 50.1 Å². The van der Waals surface area contributed by atoms with E-state index in [1.165, 1.54) is 31.2 Å². The lowest BCUT2D eigenvalue weighted by molar-refractivity contribution is -0.00424. The van der Waals surface area contributed by atoms with Gasteiger partial charge in [-0.3, -0.25) is 13.8 Å². The number of benzene rings is 1. The minimum atomic E-state index is -3.78. The summed E-state index contributed by atoms with van der Waals surface area (Å²) in [6.45, 7) is 3.29. The Morgan fingerprint density at radius 1 is 0.886 bits per heavy atom. The third-order valence-corrected chi connectivity index (χ3v) is 7.00. The number of hydrogen-bond acceptors (Lipinski definition) is 11. The molecule has 0 bridgehead atoms. The lowest BCUT2D eigenvalue weighted by Crippen LogP contribution is -2.31. The molecule has 2 atom stereocenters. The van der Waals surface area contributed by atoms with Gasteiger partial charge < -0.3 is 28.6 Å². The van der Waals surface area contributed by atoms with Crippen molar-refractivity contribution in [2.45, 2.75) is 6.92 Å². The Kier molecular flexibility index (Phi) is 16.0. The number of carbonyl (C=O) groups excluding carboxylic acids is 2. The normalized spacial score (nSPS) is 13.5. The van der Waals surface area contributed by atoms with E-state index in [2.05, 4.69) is 0 Å². The first-order chi connectivity index (χ1) is 16.7.